The molecule has 198 valence electrons. The Hall–Kier alpha value is -0.420. The summed E-state index contributed by atoms with van der Waals surface area (Å²) < 4.78 is 17.1. The Morgan fingerprint density at radius 1 is 1.06 bits per heavy atom. The fraction of sp³-hybridized carbons (Fsp3) is 0.933. The number of hydrogen-bond donors (Lipinski definition) is 1. The van der Waals surface area contributed by atoms with E-state index in [0.29, 0.717) is 23.5 Å². The van der Waals surface area contributed by atoms with Gasteiger partial charge >= 0.3 is 0 Å². The van der Waals surface area contributed by atoms with Crippen LogP contribution in [0.4, 0.5) is 0 Å². The Kier molecular flexibility index (Phi) is 7.68. The molecule has 1 aliphatic heterocycles. The van der Waals surface area contributed by atoms with E-state index in [1.165, 1.54) is 71.3 Å². The highest BCUT2D eigenvalue weighted by molar-refractivity contribution is 5.14. The molecular weight excluding hydrogens is 424 g/mol. The third kappa shape index (κ3) is 4.55. The SMILES string of the molecule is CC/C=C\C(C)[C@H]1CCC2C3CC4(OCO4)C4CCCC[C@]4(C)C3CC[C@@]21C.COC(C)(C)O.[HH]. The van der Waals surface area contributed by atoms with Crippen molar-refractivity contribution < 1.29 is 20.7 Å². The average Bonchev–Trinajstić information content (AvgIpc) is 3.13. The van der Waals surface area contributed by atoms with Gasteiger partial charge in [-0.05, 0) is 99.2 Å². The van der Waals surface area contributed by atoms with Gasteiger partial charge in [-0.1, -0.05) is 52.7 Å². The molecule has 5 aliphatic rings. The summed E-state index contributed by atoms with van der Waals surface area (Å²) in [6.45, 7) is 13.7. The van der Waals surface area contributed by atoms with Crippen LogP contribution in [0.5, 0.6) is 0 Å². The average molecular weight is 479 g/mol. The summed E-state index contributed by atoms with van der Waals surface area (Å²) in [5, 5.41) is 8.60. The molecule has 5 unspecified atom stereocenters. The van der Waals surface area contributed by atoms with Gasteiger partial charge < -0.3 is 19.3 Å². The zero-order valence-corrected chi connectivity index (χ0v) is 23.1. The molecule has 1 N–H and O–H groups in total. The van der Waals surface area contributed by atoms with Gasteiger partial charge in [-0.2, -0.15) is 0 Å². The Morgan fingerprint density at radius 2 is 1.74 bits per heavy atom. The highest BCUT2D eigenvalue weighted by Crippen LogP contribution is 2.71. The van der Waals surface area contributed by atoms with Crippen LogP contribution in [0, 0.1) is 46.3 Å². The molecule has 8 atom stereocenters. The van der Waals surface area contributed by atoms with E-state index >= 15 is 0 Å². The van der Waals surface area contributed by atoms with E-state index in [-0.39, 0.29) is 7.21 Å². The topological polar surface area (TPSA) is 47.9 Å². The van der Waals surface area contributed by atoms with Crippen LogP contribution < -0.4 is 0 Å². The van der Waals surface area contributed by atoms with Gasteiger partial charge in [0.25, 0.3) is 0 Å². The molecular formula is C30H54O4. The molecule has 4 saturated carbocycles. The van der Waals surface area contributed by atoms with Gasteiger partial charge in [0.05, 0.1) is 0 Å². The van der Waals surface area contributed by atoms with E-state index < -0.39 is 5.79 Å². The van der Waals surface area contributed by atoms with Crippen LogP contribution in [-0.4, -0.2) is 30.6 Å². The van der Waals surface area contributed by atoms with Crippen LogP contribution >= 0.6 is 0 Å². The first-order valence-electron chi connectivity index (χ1n) is 14.2. The van der Waals surface area contributed by atoms with Crippen molar-refractivity contribution in [3.63, 3.8) is 0 Å². The highest BCUT2D eigenvalue weighted by atomic mass is 16.9. The largest absolute Gasteiger partial charge is 0.366 e. The van der Waals surface area contributed by atoms with Crippen molar-refractivity contribution in [2.24, 2.45) is 46.3 Å². The second-order valence-electron chi connectivity index (χ2n) is 13.2. The quantitative estimate of drug-likeness (QED) is 0.335. The summed E-state index contributed by atoms with van der Waals surface area (Å²) in [5.74, 6) is 3.62. The molecule has 0 radical (unpaired) electrons. The van der Waals surface area contributed by atoms with Crippen LogP contribution in [0.15, 0.2) is 12.2 Å². The molecule has 1 spiro atoms. The fourth-order valence-corrected chi connectivity index (χ4v) is 9.30. The second-order valence-corrected chi connectivity index (χ2v) is 13.2. The smallest absolute Gasteiger partial charge is 0.177 e. The minimum atomic E-state index is -0.958. The lowest BCUT2D eigenvalue weighted by Crippen LogP contribution is -2.67. The summed E-state index contributed by atoms with van der Waals surface area (Å²) in [5.41, 5.74) is 0.955. The molecule has 1 saturated heterocycles. The van der Waals surface area contributed by atoms with Crippen molar-refractivity contribution in [3.05, 3.63) is 12.2 Å². The molecule has 0 aromatic carbocycles. The van der Waals surface area contributed by atoms with Crippen molar-refractivity contribution in [1.82, 2.24) is 0 Å². The number of allylic oxidation sites excluding steroid dienone is 2. The second kappa shape index (κ2) is 9.80. The molecule has 0 bridgehead atoms. The maximum absolute atomic E-state index is 8.60. The fourth-order valence-electron chi connectivity index (χ4n) is 9.30. The first-order valence-corrected chi connectivity index (χ1v) is 14.2. The Balaban J connectivity index is 0.000000439. The maximum atomic E-state index is 8.60. The van der Waals surface area contributed by atoms with Crippen LogP contribution in [0.3, 0.4) is 0 Å². The number of methoxy groups -OCH3 is 1. The number of rotatable bonds is 4. The molecule has 0 amide bonds. The summed E-state index contributed by atoms with van der Waals surface area (Å²) in [6, 6.07) is 0. The van der Waals surface area contributed by atoms with Gasteiger partial charge in [-0.15, -0.1) is 0 Å². The van der Waals surface area contributed by atoms with Gasteiger partial charge in [-0.25, -0.2) is 0 Å². The molecule has 5 fully saturated rings. The van der Waals surface area contributed by atoms with E-state index in [9.17, 15) is 0 Å². The third-order valence-corrected chi connectivity index (χ3v) is 11.1. The van der Waals surface area contributed by atoms with Crippen LogP contribution in [0.2, 0.25) is 0 Å². The number of aliphatic hydroxyl groups is 1. The zero-order chi connectivity index (χ0) is 24.8. The van der Waals surface area contributed by atoms with Crippen molar-refractivity contribution in [1.29, 1.82) is 0 Å². The number of ether oxygens (including phenoxy) is 3. The van der Waals surface area contributed by atoms with Crippen LogP contribution in [0.1, 0.15) is 107 Å². The van der Waals surface area contributed by atoms with E-state index in [2.05, 4.69) is 44.6 Å². The molecule has 1 heterocycles. The first-order chi connectivity index (χ1) is 16.0. The molecule has 4 heteroatoms. The summed E-state index contributed by atoms with van der Waals surface area (Å²) in [4.78, 5) is 0. The van der Waals surface area contributed by atoms with Crippen molar-refractivity contribution in [3.8, 4) is 0 Å². The van der Waals surface area contributed by atoms with Gasteiger partial charge in [0, 0.05) is 20.9 Å². The Bertz CT molecular complexity index is 728. The Morgan fingerprint density at radius 3 is 2.32 bits per heavy atom. The third-order valence-electron chi connectivity index (χ3n) is 11.1. The van der Waals surface area contributed by atoms with Crippen molar-refractivity contribution in [2.75, 3.05) is 13.9 Å². The lowest BCUT2D eigenvalue weighted by Gasteiger charge is -2.67. The normalized spacial score (nSPS) is 43.8. The minimum absolute atomic E-state index is 0. The molecule has 4 aliphatic carbocycles. The summed E-state index contributed by atoms with van der Waals surface area (Å²) >= 11 is 0. The maximum Gasteiger partial charge on any atom is 0.177 e. The van der Waals surface area contributed by atoms with E-state index in [1.54, 1.807) is 13.8 Å². The lowest BCUT2D eigenvalue weighted by atomic mass is 9.43. The standard InChI is InChI=1S/C26H42O2.C4H10O2.H2/c1-5-6-9-18(2)20-11-12-21-19-16-26(27-17-28-26)23-10-7-8-14-25(23,4)22(19)13-15-24(20,21)3;1-4(2,5)6-3;/h6,9,18-23H,5,7-8,10-17H2,1-4H3;5H,1-3H3;1H/b9-6-;;/t18?,19?,20-,21?,22?,23?,24-,25-;;/m1../s1. The molecule has 34 heavy (non-hydrogen) atoms. The van der Waals surface area contributed by atoms with Gasteiger partial charge in [0.2, 0.25) is 0 Å². The van der Waals surface area contributed by atoms with Gasteiger partial charge in [-0.3, -0.25) is 0 Å². The number of fused-ring (bicyclic) bond motifs is 6. The zero-order valence-electron chi connectivity index (χ0n) is 23.1. The molecule has 0 aromatic rings. The predicted molar refractivity (Wildman–Crippen MR) is 139 cm³/mol. The molecule has 4 nitrogen and oxygen atoms in total. The van der Waals surface area contributed by atoms with E-state index in [4.69, 9.17) is 14.6 Å². The highest BCUT2D eigenvalue weighted by Gasteiger charge is 2.68. The van der Waals surface area contributed by atoms with Gasteiger partial charge in [0.1, 0.15) is 0 Å². The van der Waals surface area contributed by atoms with Crippen LogP contribution in [0.25, 0.3) is 0 Å². The van der Waals surface area contributed by atoms with Gasteiger partial charge in [0.15, 0.2) is 18.4 Å². The van der Waals surface area contributed by atoms with E-state index in [0.717, 1.165) is 29.6 Å². The lowest BCUT2D eigenvalue weighted by molar-refractivity contribution is -0.454. The summed E-state index contributed by atoms with van der Waals surface area (Å²) in [7, 11) is 1.46. The predicted octanol–water partition coefficient (Wildman–Crippen LogP) is 7.56. The molecule has 5 rings (SSSR count). The molecule has 0 aromatic heterocycles. The number of hydrogen-bond acceptors (Lipinski definition) is 4. The minimum Gasteiger partial charge on any atom is -0.366 e. The van der Waals surface area contributed by atoms with Crippen molar-refractivity contribution in [2.45, 2.75) is 117 Å². The monoisotopic (exact) mass is 478 g/mol. The first kappa shape index (κ1) is 26.6. The van der Waals surface area contributed by atoms with Crippen LogP contribution in [-0.2, 0) is 14.2 Å². The van der Waals surface area contributed by atoms with Crippen molar-refractivity contribution >= 4 is 0 Å². The van der Waals surface area contributed by atoms with E-state index in [1.807, 2.05) is 0 Å². The summed E-state index contributed by atoms with van der Waals surface area (Å²) in [6.07, 6.45) is 18.5. The Labute approximate surface area is 210 Å².